The lowest BCUT2D eigenvalue weighted by Crippen LogP contribution is -2.37. The lowest BCUT2D eigenvalue weighted by atomic mass is 10.0. The number of carbonyl (C=O) groups excluding carboxylic acids is 2. The van der Waals surface area contributed by atoms with E-state index in [-0.39, 0.29) is 32.0 Å². The van der Waals surface area contributed by atoms with Crippen LogP contribution in [0, 0.1) is 0 Å². The number of phosphoric acid groups is 1. The van der Waals surface area contributed by atoms with Crippen LogP contribution in [0.3, 0.4) is 0 Å². The number of esters is 2. The van der Waals surface area contributed by atoms with Gasteiger partial charge in [0.2, 0.25) is 0 Å². The van der Waals surface area contributed by atoms with Crippen molar-refractivity contribution in [3.8, 4) is 0 Å². The van der Waals surface area contributed by atoms with Crippen LogP contribution in [-0.4, -0.2) is 70.0 Å². The first kappa shape index (κ1) is 79.5. The van der Waals surface area contributed by atoms with Crippen LogP contribution >= 0.6 is 7.82 Å². The molecule has 0 aromatic carbocycles. The summed E-state index contributed by atoms with van der Waals surface area (Å²) in [7, 11) is 1.17. The summed E-state index contributed by atoms with van der Waals surface area (Å²) in [5.41, 5.74) is 0. The number of ether oxygens (including phenoxy) is 2. The molecule has 0 bridgehead atoms. The number of rotatable bonds is 64. The number of hydrogen-bond donors (Lipinski definition) is 0. The van der Waals surface area contributed by atoms with Crippen molar-refractivity contribution in [3.05, 3.63) is 72.9 Å². The second kappa shape index (κ2) is 63.0. The van der Waals surface area contributed by atoms with Crippen molar-refractivity contribution in [2.45, 2.75) is 328 Å². The van der Waals surface area contributed by atoms with Crippen LogP contribution in [0.1, 0.15) is 322 Å². The molecule has 0 aromatic heterocycles. The van der Waals surface area contributed by atoms with Gasteiger partial charge < -0.3 is 27.9 Å². The SMILES string of the molecule is CCCCCCC/C=C\C/C=C\C/C=C\CCCCCCCCCCCCCCCCC(=O)OCC(COP(=O)([O-])OCC[N+](C)(C)C)OC(=O)CCCCCCCCCCCCCCCC/C=C\C/C=C\C/C=C\CCCCCCC. The van der Waals surface area contributed by atoms with Gasteiger partial charge in [-0.3, -0.25) is 14.2 Å². The van der Waals surface area contributed by atoms with Gasteiger partial charge in [-0.05, 0) is 89.9 Å². The van der Waals surface area contributed by atoms with Crippen LogP contribution in [0.5, 0.6) is 0 Å². The molecule has 0 saturated carbocycles. The summed E-state index contributed by atoms with van der Waals surface area (Å²) in [5.74, 6) is -0.824. The Bertz CT molecular complexity index is 1610. The predicted molar refractivity (Wildman–Crippen MR) is 351 cm³/mol. The molecule has 0 spiro atoms. The van der Waals surface area contributed by atoms with Gasteiger partial charge in [-0.15, -0.1) is 0 Å². The minimum atomic E-state index is -4.64. The normalized spacial score (nSPS) is 13.6. The quantitative estimate of drug-likeness (QED) is 0.0195. The number of likely N-dealkylation sites (N-methyl/N-ethyl adjacent to an activating group) is 1. The van der Waals surface area contributed by atoms with Crippen molar-refractivity contribution in [1.82, 2.24) is 0 Å². The van der Waals surface area contributed by atoms with Crippen LogP contribution in [0.15, 0.2) is 72.9 Å². The second-order valence-corrected chi connectivity index (χ2v) is 25.9. The molecule has 2 unspecified atom stereocenters. The minimum Gasteiger partial charge on any atom is -0.756 e. The molecule has 0 aliphatic heterocycles. The van der Waals surface area contributed by atoms with E-state index in [0.29, 0.717) is 17.4 Å². The Morgan fingerprint density at radius 3 is 0.976 bits per heavy atom. The van der Waals surface area contributed by atoms with Crippen LogP contribution in [0.4, 0.5) is 0 Å². The maximum Gasteiger partial charge on any atom is 0.306 e. The zero-order chi connectivity index (χ0) is 59.8. The number of unbranched alkanes of at least 4 members (excludes halogenated alkanes) is 38. The van der Waals surface area contributed by atoms with E-state index in [1.54, 1.807) is 0 Å². The van der Waals surface area contributed by atoms with Crippen LogP contribution in [0.2, 0.25) is 0 Å². The van der Waals surface area contributed by atoms with Crippen molar-refractivity contribution in [2.24, 2.45) is 0 Å². The van der Waals surface area contributed by atoms with E-state index in [9.17, 15) is 19.0 Å². The highest BCUT2D eigenvalue weighted by Crippen LogP contribution is 2.38. The van der Waals surface area contributed by atoms with Gasteiger partial charge in [-0.25, -0.2) is 0 Å². The van der Waals surface area contributed by atoms with Crippen LogP contribution in [0.25, 0.3) is 0 Å². The highest BCUT2D eigenvalue weighted by atomic mass is 31.2. The molecule has 10 heteroatoms. The molecule has 0 aliphatic carbocycles. The fraction of sp³-hybridized carbons (Fsp3) is 0.806. The summed E-state index contributed by atoms with van der Waals surface area (Å²) in [6.45, 7) is 4.25. The molecule has 0 aromatic rings. The van der Waals surface area contributed by atoms with E-state index in [2.05, 4.69) is 86.8 Å². The first-order chi connectivity index (χ1) is 40.0. The fourth-order valence-corrected chi connectivity index (χ4v) is 10.6. The van der Waals surface area contributed by atoms with Crippen LogP contribution < -0.4 is 4.89 Å². The molecule has 0 aliphatic rings. The Morgan fingerprint density at radius 1 is 0.378 bits per heavy atom. The molecular formula is C72H132NO8P. The summed E-state index contributed by atoms with van der Waals surface area (Å²) in [5, 5.41) is 0. The maximum atomic E-state index is 12.9. The summed E-state index contributed by atoms with van der Waals surface area (Å²) < 4.78 is 34.3. The standard InChI is InChI=1S/C72H132NO8P/c1-6-8-10-12-14-16-18-20-22-24-26-28-30-32-34-36-38-40-42-44-46-48-50-52-54-56-58-60-62-64-71(74)78-68-70(69-80-82(76,77)79-67-66-73(3,4)5)81-72(75)65-63-61-59-57-55-53-51-49-47-45-43-41-39-37-35-33-31-29-27-25-23-21-19-17-15-13-11-9-7-2/h18-21,24-27,30-33,70H,6-17,22-23,28-29,34-69H2,1-5H3/b20-18-,21-19-,26-24-,27-25-,32-30-,33-31-. The molecular weight excluding hydrogens is 1040 g/mol. The predicted octanol–water partition coefficient (Wildman–Crippen LogP) is 21.8. The highest BCUT2D eigenvalue weighted by Gasteiger charge is 2.22. The Balaban J connectivity index is 4.06. The number of hydrogen-bond acceptors (Lipinski definition) is 8. The summed E-state index contributed by atoms with van der Waals surface area (Å²) in [6.07, 6.45) is 84.0. The first-order valence-electron chi connectivity index (χ1n) is 34.6. The van der Waals surface area contributed by atoms with Crippen LogP contribution in [-0.2, 0) is 32.7 Å². The van der Waals surface area contributed by atoms with Crippen molar-refractivity contribution >= 4 is 19.8 Å². The molecule has 0 saturated heterocycles. The number of phosphoric ester groups is 1. The Hall–Kier alpha value is -2.55. The largest absolute Gasteiger partial charge is 0.756 e. The summed E-state index contributed by atoms with van der Waals surface area (Å²) in [6, 6.07) is 0. The van der Waals surface area contributed by atoms with E-state index in [1.165, 1.54) is 225 Å². The Labute approximate surface area is 508 Å². The monoisotopic (exact) mass is 1170 g/mol. The van der Waals surface area contributed by atoms with E-state index in [0.717, 1.165) is 64.2 Å². The zero-order valence-electron chi connectivity index (χ0n) is 54.4. The third-order valence-corrected chi connectivity index (χ3v) is 16.2. The first-order valence-corrected chi connectivity index (χ1v) is 36.1. The van der Waals surface area contributed by atoms with Crippen molar-refractivity contribution in [2.75, 3.05) is 47.5 Å². The van der Waals surface area contributed by atoms with E-state index < -0.39 is 26.5 Å². The molecule has 9 nitrogen and oxygen atoms in total. The van der Waals surface area contributed by atoms with Crippen molar-refractivity contribution < 1.29 is 42.1 Å². The number of quaternary nitrogens is 1. The summed E-state index contributed by atoms with van der Waals surface area (Å²) in [4.78, 5) is 38.1. The van der Waals surface area contributed by atoms with Gasteiger partial charge in [0, 0.05) is 12.8 Å². The molecule has 0 amide bonds. The van der Waals surface area contributed by atoms with E-state index >= 15 is 0 Å². The number of allylic oxidation sites excluding steroid dienone is 12. The fourth-order valence-electron chi connectivity index (χ4n) is 9.85. The third-order valence-electron chi connectivity index (χ3n) is 15.2. The second-order valence-electron chi connectivity index (χ2n) is 24.5. The lowest BCUT2D eigenvalue weighted by molar-refractivity contribution is -0.870. The molecule has 0 heterocycles. The Kier molecular flexibility index (Phi) is 61.0. The van der Waals surface area contributed by atoms with Gasteiger partial charge in [0.25, 0.3) is 7.82 Å². The smallest absolute Gasteiger partial charge is 0.306 e. The van der Waals surface area contributed by atoms with Gasteiger partial charge in [0.15, 0.2) is 6.10 Å². The molecule has 0 fully saturated rings. The van der Waals surface area contributed by atoms with Gasteiger partial charge >= 0.3 is 11.9 Å². The van der Waals surface area contributed by atoms with E-state index in [4.69, 9.17) is 18.5 Å². The van der Waals surface area contributed by atoms with E-state index in [1.807, 2.05) is 21.1 Å². The minimum absolute atomic E-state index is 0.0320. The topological polar surface area (TPSA) is 111 Å². The average Bonchev–Trinajstić information content (AvgIpc) is 3.44. The molecule has 2 atom stereocenters. The van der Waals surface area contributed by atoms with Gasteiger partial charge in [-0.1, -0.05) is 292 Å². The lowest BCUT2D eigenvalue weighted by Gasteiger charge is -2.28. The molecule has 82 heavy (non-hydrogen) atoms. The highest BCUT2D eigenvalue weighted by molar-refractivity contribution is 7.45. The average molecular weight is 1170 g/mol. The van der Waals surface area contributed by atoms with Crippen molar-refractivity contribution in [3.63, 3.8) is 0 Å². The van der Waals surface area contributed by atoms with Gasteiger partial charge in [-0.2, -0.15) is 0 Å². The van der Waals surface area contributed by atoms with Gasteiger partial charge in [0.05, 0.1) is 27.7 Å². The molecule has 0 rings (SSSR count). The Morgan fingerprint density at radius 2 is 0.659 bits per heavy atom. The van der Waals surface area contributed by atoms with Crippen molar-refractivity contribution in [1.29, 1.82) is 0 Å². The zero-order valence-corrected chi connectivity index (χ0v) is 55.3. The number of nitrogens with zero attached hydrogens (tertiary/aromatic N) is 1. The summed E-state index contributed by atoms with van der Waals surface area (Å²) >= 11 is 0. The van der Waals surface area contributed by atoms with Gasteiger partial charge in [0.1, 0.15) is 19.8 Å². The third kappa shape index (κ3) is 66.6. The number of carbonyl (C=O) groups is 2. The molecule has 0 radical (unpaired) electrons. The maximum absolute atomic E-state index is 12.9. The molecule has 0 N–H and O–H groups in total. The molecule has 478 valence electrons.